The first-order chi connectivity index (χ1) is 13.1. The highest BCUT2D eigenvalue weighted by atomic mass is 16.5. The van der Waals surface area contributed by atoms with E-state index in [1.54, 1.807) is 23.3 Å². The van der Waals surface area contributed by atoms with Crippen molar-refractivity contribution in [2.24, 2.45) is 0 Å². The number of nitrogens with zero attached hydrogens (tertiary/aromatic N) is 5. The Morgan fingerprint density at radius 2 is 2.07 bits per heavy atom. The highest BCUT2D eigenvalue weighted by Gasteiger charge is 2.19. The number of hydrogen-bond donors (Lipinski definition) is 1. The van der Waals surface area contributed by atoms with Gasteiger partial charge in [-0.05, 0) is 25.0 Å². The summed E-state index contributed by atoms with van der Waals surface area (Å²) in [6, 6.07) is 3.96. The fourth-order valence-corrected chi connectivity index (χ4v) is 3.15. The van der Waals surface area contributed by atoms with Crippen LogP contribution < -0.4 is 5.32 Å². The minimum atomic E-state index is -0.135. The van der Waals surface area contributed by atoms with E-state index in [2.05, 4.69) is 25.4 Å². The zero-order valence-corrected chi connectivity index (χ0v) is 15.4. The van der Waals surface area contributed by atoms with Crippen molar-refractivity contribution in [2.45, 2.75) is 51.5 Å². The number of pyridine rings is 1. The molecule has 0 aromatic carbocycles. The highest BCUT2D eigenvalue weighted by molar-refractivity contribution is 5.92. The van der Waals surface area contributed by atoms with Crippen LogP contribution in [0.2, 0.25) is 0 Å². The molecule has 1 aliphatic carbocycles. The van der Waals surface area contributed by atoms with Crippen molar-refractivity contribution in [1.82, 2.24) is 30.0 Å². The summed E-state index contributed by atoms with van der Waals surface area (Å²) in [5.74, 6) is 1.84. The lowest BCUT2D eigenvalue weighted by Crippen LogP contribution is -2.32. The second-order valence-electron chi connectivity index (χ2n) is 7.14. The van der Waals surface area contributed by atoms with Crippen molar-refractivity contribution in [3.63, 3.8) is 0 Å². The van der Waals surface area contributed by atoms with Gasteiger partial charge in [-0.15, -0.1) is 0 Å². The molecule has 4 rings (SSSR count). The van der Waals surface area contributed by atoms with Crippen LogP contribution in [-0.4, -0.2) is 36.6 Å². The number of nitrogens with one attached hydrogen (secondary N) is 1. The summed E-state index contributed by atoms with van der Waals surface area (Å²) in [4.78, 5) is 25.3. The van der Waals surface area contributed by atoms with E-state index >= 15 is 0 Å². The van der Waals surface area contributed by atoms with E-state index < -0.39 is 0 Å². The van der Waals surface area contributed by atoms with Crippen molar-refractivity contribution in [3.8, 4) is 17.3 Å². The molecule has 1 fully saturated rings. The maximum absolute atomic E-state index is 12.3. The third-order valence-electron chi connectivity index (χ3n) is 4.72. The number of hydrogen-bond acceptors (Lipinski definition) is 6. The van der Waals surface area contributed by atoms with Gasteiger partial charge in [-0.1, -0.05) is 31.8 Å². The van der Waals surface area contributed by atoms with Crippen molar-refractivity contribution in [2.75, 3.05) is 0 Å². The minimum absolute atomic E-state index is 0.135. The predicted molar refractivity (Wildman–Crippen MR) is 98.5 cm³/mol. The lowest BCUT2D eigenvalue weighted by Gasteiger charge is -2.09. The van der Waals surface area contributed by atoms with Crippen LogP contribution in [0.3, 0.4) is 0 Å². The summed E-state index contributed by atoms with van der Waals surface area (Å²) in [5, 5.41) is 7.00. The number of rotatable bonds is 5. The molecule has 0 unspecified atom stereocenters. The van der Waals surface area contributed by atoms with E-state index in [1.165, 1.54) is 12.8 Å². The lowest BCUT2D eigenvalue weighted by molar-refractivity contribution is 0.0933. The second-order valence-corrected chi connectivity index (χ2v) is 7.14. The molecule has 0 bridgehead atoms. The Balaban J connectivity index is 1.47. The fourth-order valence-electron chi connectivity index (χ4n) is 3.15. The van der Waals surface area contributed by atoms with Crippen LogP contribution >= 0.6 is 0 Å². The van der Waals surface area contributed by atoms with Crippen LogP contribution in [0.1, 0.15) is 61.8 Å². The molecular formula is C19H22N6O2. The molecule has 0 spiro atoms. The summed E-state index contributed by atoms with van der Waals surface area (Å²) in [7, 11) is 0. The second kappa shape index (κ2) is 7.30. The molecule has 1 saturated carbocycles. The molecule has 1 N–H and O–H groups in total. The summed E-state index contributed by atoms with van der Waals surface area (Å²) in [6.45, 7) is 4.02. The van der Waals surface area contributed by atoms with Gasteiger partial charge in [-0.3, -0.25) is 9.36 Å². The van der Waals surface area contributed by atoms with E-state index in [4.69, 9.17) is 4.52 Å². The standard InChI is InChI=1S/C19H22N6O2/c1-12(2)17-23-19(27-24-17)13-7-8-16(20-9-13)25-10-15(21-11-25)18(26)22-14-5-3-4-6-14/h7-12,14H,3-6H2,1-2H3,(H,22,26). The molecule has 1 amide bonds. The van der Waals surface area contributed by atoms with E-state index in [0.717, 1.165) is 18.4 Å². The van der Waals surface area contributed by atoms with E-state index in [-0.39, 0.29) is 17.9 Å². The third-order valence-corrected chi connectivity index (χ3v) is 4.72. The smallest absolute Gasteiger partial charge is 0.271 e. The van der Waals surface area contributed by atoms with Crippen LogP contribution in [0.25, 0.3) is 17.3 Å². The van der Waals surface area contributed by atoms with Gasteiger partial charge in [-0.2, -0.15) is 4.98 Å². The first-order valence-electron chi connectivity index (χ1n) is 9.25. The molecule has 8 nitrogen and oxygen atoms in total. The zero-order chi connectivity index (χ0) is 18.8. The third kappa shape index (κ3) is 3.74. The van der Waals surface area contributed by atoms with Gasteiger partial charge in [0.2, 0.25) is 0 Å². The average molecular weight is 366 g/mol. The topological polar surface area (TPSA) is 98.7 Å². The summed E-state index contributed by atoms with van der Waals surface area (Å²) < 4.78 is 7.01. The quantitative estimate of drug-likeness (QED) is 0.745. The monoisotopic (exact) mass is 366 g/mol. The van der Waals surface area contributed by atoms with Gasteiger partial charge in [-0.25, -0.2) is 9.97 Å². The predicted octanol–water partition coefficient (Wildman–Crippen LogP) is 3.11. The van der Waals surface area contributed by atoms with Crippen LogP contribution in [-0.2, 0) is 0 Å². The van der Waals surface area contributed by atoms with Crippen LogP contribution in [0.4, 0.5) is 0 Å². The van der Waals surface area contributed by atoms with Gasteiger partial charge in [0.1, 0.15) is 17.8 Å². The molecule has 0 radical (unpaired) electrons. The molecule has 0 atom stereocenters. The summed E-state index contributed by atoms with van der Waals surface area (Å²) >= 11 is 0. The Hall–Kier alpha value is -3.03. The molecule has 140 valence electrons. The Morgan fingerprint density at radius 1 is 1.26 bits per heavy atom. The Labute approximate surface area is 157 Å². The number of carbonyl (C=O) groups is 1. The first-order valence-corrected chi connectivity index (χ1v) is 9.25. The van der Waals surface area contributed by atoms with Crippen molar-refractivity contribution < 1.29 is 9.32 Å². The SMILES string of the molecule is CC(C)c1noc(-c2ccc(-n3cnc(C(=O)NC4CCCC4)c3)nc2)n1. The van der Waals surface area contributed by atoms with Gasteiger partial charge in [0.25, 0.3) is 11.8 Å². The van der Waals surface area contributed by atoms with Gasteiger partial charge in [0, 0.05) is 24.4 Å². The average Bonchev–Trinajstić information content (AvgIpc) is 3.42. The Bertz CT molecular complexity index is 922. The highest BCUT2D eigenvalue weighted by Crippen LogP contribution is 2.20. The van der Waals surface area contributed by atoms with Crippen LogP contribution in [0, 0.1) is 0 Å². The van der Waals surface area contributed by atoms with Crippen LogP contribution in [0.5, 0.6) is 0 Å². The maximum atomic E-state index is 12.3. The summed E-state index contributed by atoms with van der Waals surface area (Å²) in [6.07, 6.45) is 9.40. The molecule has 27 heavy (non-hydrogen) atoms. The van der Waals surface area contributed by atoms with Gasteiger partial charge in [0.15, 0.2) is 5.82 Å². The maximum Gasteiger partial charge on any atom is 0.271 e. The largest absolute Gasteiger partial charge is 0.348 e. The molecule has 3 aromatic heterocycles. The van der Waals surface area contributed by atoms with Crippen molar-refractivity contribution in [1.29, 1.82) is 0 Å². The number of carbonyl (C=O) groups excluding carboxylic acids is 1. The normalized spacial score (nSPS) is 14.8. The molecule has 0 saturated heterocycles. The fraction of sp³-hybridized carbons (Fsp3) is 0.421. The van der Waals surface area contributed by atoms with Crippen LogP contribution in [0.15, 0.2) is 35.4 Å². The van der Waals surface area contributed by atoms with E-state index in [9.17, 15) is 4.79 Å². The number of imidazole rings is 1. The van der Waals surface area contributed by atoms with E-state index in [0.29, 0.717) is 23.2 Å². The minimum Gasteiger partial charge on any atom is -0.348 e. The zero-order valence-electron chi connectivity index (χ0n) is 15.4. The van der Waals surface area contributed by atoms with Crippen molar-refractivity contribution in [3.05, 3.63) is 42.4 Å². The molecule has 3 heterocycles. The number of amides is 1. The number of aromatic nitrogens is 5. The van der Waals surface area contributed by atoms with Gasteiger partial charge in [0.05, 0.1) is 5.56 Å². The Morgan fingerprint density at radius 3 is 2.74 bits per heavy atom. The first kappa shape index (κ1) is 17.4. The molecule has 3 aromatic rings. The molecule has 1 aliphatic rings. The van der Waals surface area contributed by atoms with Crippen molar-refractivity contribution >= 4 is 5.91 Å². The molecule has 8 heteroatoms. The van der Waals surface area contributed by atoms with Gasteiger partial charge < -0.3 is 9.84 Å². The summed E-state index contributed by atoms with van der Waals surface area (Å²) in [5.41, 5.74) is 1.14. The van der Waals surface area contributed by atoms with E-state index in [1.807, 2.05) is 26.0 Å². The van der Waals surface area contributed by atoms with Gasteiger partial charge >= 0.3 is 0 Å². The molecular weight excluding hydrogens is 344 g/mol. The lowest BCUT2D eigenvalue weighted by atomic mass is 10.2. The molecule has 0 aliphatic heterocycles. The Kier molecular flexibility index (Phi) is 4.70.